The van der Waals surface area contributed by atoms with E-state index in [4.69, 9.17) is 19.2 Å². The molecule has 212 valence electrons. The molecule has 0 spiro atoms. The molecule has 0 aliphatic carbocycles. The molecule has 0 bridgehead atoms. The minimum absolute atomic E-state index is 0.112. The van der Waals surface area contributed by atoms with Crippen LogP contribution in [0.2, 0.25) is 0 Å². The predicted octanol–water partition coefficient (Wildman–Crippen LogP) is 7.82. The zero-order valence-electron chi connectivity index (χ0n) is 23.7. The zero-order valence-corrected chi connectivity index (χ0v) is 24.5. The standard InChI is InChI=1S/C35H32N2O4S/c1-4-11-28-20-27(21-31(40-3)33(28)41-24-26-12-7-5-8-13-26)22-32-34(38)37(23-25-16-18-30(39-2)19-17-25)35(42-32)36-29-14-9-6-10-15-29/h4-10,12-22H,1,11,23-24H2,2-3H3/b32-22-,36-35?. The van der Waals surface area contributed by atoms with Gasteiger partial charge in [0, 0.05) is 5.56 Å². The first kappa shape index (κ1) is 28.8. The van der Waals surface area contributed by atoms with Crippen molar-refractivity contribution in [3.63, 3.8) is 0 Å². The van der Waals surface area contributed by atoms with E-state index in [2.05, 4.69) is 6.58 Å². The number of benzene rings is 4. The summed E-state index contributed by atoms with van der Waals surface area (Å²) in [5.41, 5.74) is 4.57. The van der Waals surface area contributed by atoms with Crippen molar-refractivity contribution in [1.29, 1.82) is 0 Å². The van der Waals surface area contributed by atoms with Gasteiger partial charge in [0.15, 0.2) is 16.7 Å². The highest BCUT2D eigenvalue weighted by Gasteiger charge is 2.33. The number of hydrogen-bond acceptors (Lipinski definition) is 6. The number of ether oxygens (including phenoxy) is 3. The summed E-state index contributed by atoms with van der Waals surface area (Å²) in [6.07, 6.45) is 4.30. The number of para-hydroxylation sites is 1. The molecule has 42 heavy (non-hydrogen) atoms. The lowest BCUT2D eigenvalue weighted by molar-refractivity contribution is -0.122. The molecule has 0 unspecified atom stereocenters. The third-order valence-corrected chi connectivity index (χ3v) is 7.64. The van der Waals surface area contributed by atoms with Crippen molar-refractivity contribution in [2.45, 2.75) is 19.6 Å². The first-order valence-corrected chi connectivity index (χ1v) is 14.4. The van der Waals surface area contributed by atoms with Crippen LogP contribution in [0.5, 0.6) is 17.2 Å². The average Bonchev–Trinajstić information content (AvgIpc) is 3.30. The largest absolute Gasteiger partial charge is 0.497 e. The molecule has 5 rings (SSSR count). The molecular formula is C35H32N2O4S. The number of amidine groups is 1. The van der Waals surface area contributed by atoms with Gasteiger partial charge in [0.1, 0.15) is 12.4 Å². The van der Waals surface area contributed by atoms with Crippen molar-refractivity contribution in [2.75, 3.05) is 14.2 Å². The van der Waals surface area contributed by atoms with E-state index in [1.54, 1.807) is 19.1 Å². The van der Waals surface area contributed by atoms with Crippen LogP contribution in [0.1, 0.15) is 22.3 Å². The molecule has 7 heteroatoms. The third kappa shape index (κ3) is 6.93. The highest BCUT2D eigenvalue weighted by Crippen LogP contribution is 2.39. The number of carbonyl (C=O) groups excluding carboxylic acids is 1. The number of rotatable bonds is 11. The number of nitrogens with zero attached hydrogens (tertiary/aromatic N) is 2. The number of hydrogen-bond donors (Lipinski definition) is 0. The fraction of sp³-hybridized carbons (Fsp3) is 0.143. The zero-order chi connectivity index (χ0) is 29.3. The molecule has 1 aliphatic rings. The Balaban J connectivity index is 1.47. The van der Waals surface area contributed by atoms with E-state index in [0.29, 0.717) is 41.1 Å². The van der Waals surface area contributed by atoms with Gasteiger partial charge in [-0.25, -0.2) is 4.99 Å². The van der Waals surface area contributed by atoms with Gasteiger partial charge in [-0.05, 0) is 77.3 Å². The maximum Gasteiger partial charge on any atom is 0.267 e. The quantitative estimate of drug-likeness (QED) is 0.135. The van der Waals surface area contributed by atoms with E-state index in [1.165, 1.54) is 11.8 Å². The van der Waals surface area contributed by atoms with Gasteiger partial charge in [-0.15, -0.1) is 6.58 Å². The summed E-state index contributed by atoms with van der Waals surface area (Å²) in [6.45, 7) is 4.72. The Labute approximate surface area is 251 Å². The van der Waals surface area contributed by atoms with Crippen molar-refractivity contribution >= 4 is 34.6 Å². The summed E-state index contributed by atoms with van der Waals surface area (Å²) in [4.78, 5) is 20.9. The fourth-order valence-corrected chi connectivity index (χ4v) is 5.53. The van der Waals surface area contributed by atoms with Crippen LogP contribution in [0.25, 0.3) is 6.08 Å². The van der Waals surface area contributed by atoms with E-state index < -0.39 is 0 Å². The van der Waals surface area contributed by atoms with E-state index in [0.717, 1.165) is 33.7 Å². The van der Waals surface area contributed by atoms with Crippen LogP contribution < -0.4 is 14.2 Å². The summed E-state index contributed by atoms with van der Waals surface area (Å²) in [7, 11) is 3.25. The van der Waals surface area contributed by atoms with Crippen LogP contribution in [0.4, 0.5) is 5.69 Å². The molecule has 0 N–H and O–H groups in total. The lowest BCUT2D eigenvalue weighted by Crippen LogP contribution is -2.28. The minimum Gasteiger partial charge on any atom is -0.497 e. The molecule has 0 aromatic heterocycles. The summed E-state index contributed by atoms with van der Waals surface area (Å²) in [6, 6.07) is 31.3. The fourth-order valence-electron chi connectivity index (χ4n) is 4.53. The van der Waals surface area contributed by atoms with Crippen molar-refractivity contribution < 1.29 is 19.0 Å². The van der Waals surface area contributed by atoms with E-state index >= 15 is 0 Å². The summed E-state index contributed by atoms with van der Waals surface area (Å²) < 4.78 is 17.3. The van der Waals surface area contributed by atoms with E-state index in [1.807, 2.05) is 109 Å². The Morgan fingerprint density at radius 3 is 2.26 bits per heavy atom. The van der Waals surface area contributed by atoms with E-state index in [9.17, 15) is 4.79 Å². The summed E-state index contributed by atoms with van der Waals surface area (Å²) in [5, 5.41) is 0.620. The minimum atomic E-state index is -0.112. The number of carbonyl (C=O) groups is 1. The van der Waals surface area contributed by atoms with Gasteiger partial charge in [-0.2, -0.15) is 0 Å². The lowest BCUT2D eigenvalue weighted by Gasteiger charge is -2.16. The number of methoxy groups -OCH3 is 2. The number of amides is 1. The van der Waals surface area contributed by atoms with Gasteiger partial charge in [-0.3, -0.25) is 9.69 Å². The summed E-state index contributed by atoms with van der Waals surface area (Å²) >= 11 is 1.36. The third-order valence-electron chi connectivity index (χ3n) is 6.63. The Hall–Kier alpha value is -4.75. The van der Waals surface area contributed by atoms with Crippen LogP contribution in [0.3, 0.4) is 0 Å². The van der Waals surface area contributed by atoms with Crippen LogP contribution in [-0.2, 0) is 24.4 Å². The second-order valence-electron chi connectivity index (χ2n) is 9.56. The lowest BCUT2D eigenvalue weighted by atomic mass is 10.0. The van der Waals surface area contributed by atoms with Crippen molar-refractivity contribution in [1.82, 2.24) is 4.90 Å². The molecule has 1 saturated heterocycles. The monoisotopic (exact) mass is 576 g/mol. The van der Waals surface area contributed by atoms with Crippen LogP contribution in [0.15, 0.2) is 120 Å². The van der Waals surface area contributed by atoms with Crippen molar-refractivity contribution in [2.24, 2.45) is 4.99 Å². The molecule has 1 amide bonds. The number of aliphatic imine (C=N–C) groups is 1. The van der Waals surface area contributed by atoms with E-state index in [-0.39, 0.29) is 5.91 Å². The topological polar surface area (TPSA) is 60.4 Å². The molecule has 0 atom stereocenters. The van der Waals surface area contributed by atoms with Gasteiger partial charge in [0.05, 0.1) is 31.4 Å². The Morgan fingerprint density at radius 1 is 0.881 bits per heavy atom. The highest BCUT2D eigenvalue weighted by molar-refractivity contribution is 8.18. The van der Waals surface area contributed by atoms with Gasteiger partial charge in [0.25, 0.3) is 5.91 Å². The molecule has 0 radical (unpaired) electrons. The Bertz CT molecular complexity index is 1600. The average molecular weight is 577 g/mol. The molecule has 6 nitrogen and oxygen atoms in total. The second kappa shape index (κ2) is 13.7. The second-order valence-corrected chi connectivity index (χ2v) is 10.6. The van der Waals surface area contributed by atoms with Crippen molar-refractivity contribution in [3.05, 3.63) is 137 Å². The number of thioether (sulfide) groups is 1. The molecule has 0 saturated carbocycles. The maximum atomic E-state index is 13.8. The highest BCUT2D eigenvalue weighted by atomic mass is 32.2. The van der Waals surface area contributed by atoms with Crippen LogP contribution in [-0.4, -0.2) is 30.2 Å². The van der Waals surface area contributed by atoms with Gasteiger partial charge in [0.2, 0.25) is 0 Å². The first-order chi connectivity index (χ1) is 20.6. The Morgan fingerprint density at radius 2 is 1.60 bits per heavy atom. The molecule has 4 aromatic carbocycles. The molecule has 4 aromatic rings. The van der Waals surface area contributed by atoms with Gasteiger partial charge >= 0.3 is 0 Å². The Kier molecular flexibility index (Phi) is 9.41. The smallest absolute Gasteiger partial charge is 0.267 e. The molecule has 1 aliphatic heterocycles. The molecule has 1 fully saturated rings. The molecular weight excluding hydrogens is 544 g/mol. The van der Waals surface area contributed by atoms with Crippen LogP contribution >= 0.6 is 11.8 Å². The van der Waals surface area contributed by atoms with Gasteiger partial charge < -0.3 is 14.2 Å². The SMILES string of the molecule is C=CCc1cc(/C=C2\SC(=Nc3ccccc3)N(Cc3ccc(OC)cc3)C2=O)cc(OC)c1OCc1ccccc1. The molecule has 1 heterocycles. The normalized spacial score (nSPS) is 14.8. The maximum absolute atomic E-state index is 13.8. The first-order valence-electron chi connectivity index (χ1n) is 13.5. The predicted molar refractivity (Wildman–Crippen MR) is 170 cm³/mol. The summed E-state index contributed by atoms with van der Waals surface area (Å²) in [5.74, 6) is 1.92. The van der Waals surface area contributed by atoms with Crippen LogP contribution in [0, 0.1) is 0 Å². The van der Waals surface area contributed by atoms with Crippen molar-refractivity contribution in [3.8, 4) is 17.2 Å². The number of allylic oxidation sites excluding steroid dienone is 1. The van der Waals surface area contributed by atoms with Gasteiger partial charge in [-0.1, -0.05) is 66.7 Å².